The third-order valence-electron chi connectivity index (χ3n) is 4.40. The molecule has 1 atom stereocenters. The molecule has 25 heavy (non-hydrogen) atoms. The Kier molecular flexibility index (Phi) is 5.14. The van der Waals surface area contributed by atoms with Gasteiger partial charge in [-0.3, -0.25) is 9.48 Å². The number of aryl methyl sites for hydroxylation is 2. The van der Waals surface area contributed by atoms with Gasteiger partial charge in [0.25, 0.3) is 5.91 Å². The summed E-state index contributed by atoms with van der Waals surface area (Å²) in [5.41, 5.74) is 1.27. The molecule has 2 heterocycles. The van der Waals surface area contributed by atoms with Crippen LogP contribution in [-0.2, 0) is 18.2 Å². The van der Waals surface area contributed by atoms with E-state index in [-0.39, 0.29) is 23.3 Å². The molecule has 1 saturated heterocycles. The predicted molar refractivity (Wildman–Crippen MR) is 90.6 cm³/mol. The highest BCUT2D eigenvalue weighted by Gasteiger charge is 2.30. The Bertz CT molecular complexity index is 757. The monoisotopic (exact) mass is 343 g/mol. The van der Waals surface area contributed by atoms with Gasteiger partial charge >= 0.3 is 5.97 Å². The van der Waals surface area contributed by atoms with Gasteiger partial charge in [0, 0.05) is 20.1 Å². The zero-order chi connectivity index (χ0) is 17.8. The SMILES string of the molecule is Cn1ncc(C(=O)O)c1C(=O)N1CCOC(CCc2ccccc2)C1. The molecule has 1 aromatic heterocycles. The molecular weight excluding hydrogens is 322 g/mol. The topological polar surface area (TPSA) is 84.7 Å². The van der Waals surface area contributed by atoms with Crippen LogP contribution in [0.25, 0.3) is 0 Å². The second kappa shape index (κ2) is 7.48. The summed E-state index contributed by atoms with van der Waals surface area (Å²) >= 11 is 0. The number of carbonyl (C=O) groups is 2. The van der Waals surface area contributed by atoms with Crippen LogP contribution in [0.1, 0.15) is 32.8 Å². The molecule has 7 heteroatoms. The van der Waals surface area contributed by atoms with E-state index in [1.807, 2.05) is 18.2 Å². The number of morpholine rings is 1. The van der Waals surface area contributed by atoms with E-state index in [4.69, 9.17) is 4.74 Å². The molecule has 132 valence electrons. The van der Waals surface area contributed by atoms with Gasteiger partial charge in [0.15, 0.2) is 0 Å². The van der Waals surface area contributed by atoms with E-state index in [1.54, 1.807) is 11.9 Å². The molecule has 0 spiro atoms. The number of benzene rings is 1. The second-order valence-corrected chi connectivity index (χ2v) is 6.10. The fourth-order valence-corrected chi connectivity index (χ4v) is 3.05. The highest BCUT2D eigenvalue weighted by atomic mass is 16.5. The van der Waals surface area contributed by atoms with E-state index >= 15 is 0 Å². The molecule has 1 aliphatic heterocycles. The van der Waals surface area contributed by atoms with Gasteiger partial charge in [0.2, 0.25) is 0 Å². The highest BCUT2D eigenvalue weighted by Crippen LogP contribution is 2.17. The average molecular weight is 343 g/mol. The Labute approximate surface area is 145 Å². The third-order valence-corrected chi connectivity index (χ3v) is 4.40. The summed E-state index contributed by atoms with van der Waals surface area (Å²) in [5, 5.41) is 13.1. The number of aromatic carboxylic acids is 1. The molecule has 1 aromatic carbocycles. The lowest BCUT2D eigenvalue weighted by Crippen LogP contribution is -2.46. The standard InChI is InChI=1S/C18H21N3O4/c1-20-16(15(11-19-20)18(23)24)17(22)21-9-10-25-14(12-21)8-7-13-5-3-2-4-6-13/h2-6,11,14H,7-10,12H2,1H3,(H,23,24). The molecule has 1 unspecified atom stereocenters. The molecule has 0 aliphatic carbocycles. The maximum Gasteiger partial charge on any atom is 0.339 e. The van der Waals surface area contributed by atoms with Crippen LogP contribution in [0.4, 0.5) is 0 Å². The Morgan fingerprint density at radius 2 is 2.08 bits per heavy atom. The molecule has 3 rings (SSSR count). The fourth-order valence-electron chi connectivity index (χ4n) is 3.05. The van der Waals surface area contributed by atoms with Gasteiger partial charge in [-0.2, -0.15) is 5.10 Å². The van der Waals surface area contributed by atoms with Crippen molar-refractivity contribution in [3.05, 3.63) is 53.3 Å². The van der Waals surface area contributed by atoms with Crippen molar-refractivity contribution in [1.82, 2.24) is 14.7 Å². The Morgan fingerprint density at radius 1 is 1.32 bits per heavy atom. The molecule has 1 aliphatic rings. The largest absolute Gasteiger partial charge is 0.478 e. The minimum Gasteiger partial charge on any atom is -0.478 e. The van der Waals surface area contributed by atoms with Crippen LogP contribution in [0.3, 0.4) is 0 Å². The normalized spacial score (nSPS) is 17.5. The molecule has 0 radical (unpaired) electrons. The summed E-state index contributed by atoms with van der Waals surface area (Å²) in [5.74, 6) is -1.46. The lowest BCUT2D eigenvalue weighted by atomic mass is 10.1. The van der Waals surface area contributed by atoms with Gasteiger partial charge < -0.3 is 14.7 Å². The third kappa shape index (κ3) is 3.88. The number of hydrogen-bond donors (Lipinski definition) is 1. The van der Waals surface area contributed by atoms with Crippen LogP contribution >= 0.6 is 0 Å². The lowest BCUT2D eigenvalue weighted by Gasteiger charge is -2.33. The van der Waals surface area contributed by atoms with Crippen molar-refractivity contribution in [3.8, 4) is 0 Å². The van der Waals surface area contributed by atoms with Crippen molar-refractivity contribution >= 4 is 11.9 Å². The Hall–Kier alpha value is -2.67. The molecule has 1 fully saturated rings. The highest BCUT2D eigenvalue weighted by molar-refractivity contribution is 6.03. The number of aromatic nitrogens is 2. The van der Waals surface area contributed by atoms with Crippen LogP contribution in [0.2, 0.25) is 0 Å². The van der Waals surface area contributed by atoms with Gasteiger partial charge in [0.05, 0.1) is 18.9 Å². The van der Waals surface area contributed by atoms with Gasteiger partial charge in [-0.15, -0.1) is 0 Å². The number of nitrogens with zero attached hydrogens (tertiary/aromatic N) is 3. The average Bonchev–Trinajstić information content (AvgIpc) is 3.02. The van der Waals surface area contributed by atoms with Crippen molar-refractivity contribution in [1.29, 1.82) is 0 Å². The second-order valence-electron chi connectivity index (χ2n) is 6.10. The summed E-state index contributed by atoms with van der Waals surface area (Å²) in [6.45, 7) is 1.35. The number of ether oxygens (including phenoxy) is 1. The van der Waals surface area contributed by atoms with Crippen molar-refractivity contribution in [2.75, 3.05) is 19.7 Å². The summed E-state index contributed by atoms with van der Waals surface area (Å²) < 4.78 is 7.09. The molecule has 2 aromatic rings. The number of carboxylic acid groups (broad SMARTS) is 1. The van der Waals surface area contributed by atoms with E-state index in [9.17, 15) is 14.7 Å². The number of carboxylic acids is 1. The van der Waals surface area contributed by atoms with Gasteiger partial charge in [-0.05, 0) is 18.4 Å². The first-order chi connectivity index (χ1) is 12.1. The van der Waals surface area contributed by atoms with Crippen molar-refractivity contribution in [2.24, 2.45) is 7.05 Å². The van der Waals surface area contributed by atoms with E-state index in [0.717, 1.165) is 12.8 Å². The number of hydrogen-bond acceptors (Lipinski definition) is 4. The molecule has 0 saturated carbocycles. The molecule has 7 nitrogen and oxygen atoms in total. The number of amides is 1. The van der Waals surface area contributed by atoms with Crippen LogP contribution in [0.15, 0.2) is 36.5 Å². The minimum absolute atomic E-state index is 0.0561. The number of rotatable bonds is 5. The van der Waals surface area contributed by atoms with E-state index in [2.05, 4.69) is 17.2 Å². The molecular formula is C18H21N3O4. The summed E-state index contributed by atoms with van der Waals surface area (Å²) in [6, 6.07) is 10.1. The summed E-state index contributed by atoms with van der Waals surface area (Å²) in [6.07, 6.45) is 2.84. The van der Waals surface area contributed by atoms with Crippen molar-refractivity contribution < 1.29 is 19.4 Å². The van der Waals surface area contributed by atoms with Gasteiger partial charge in [-0.1, -0.05) is 30.3 Å². The van der Waals surface area contributed by atoms with Crippen molar-refractivity contribution in [2.45, 2.75) is 18.9 Å². The quantitative estimate of drug-likeness (QED) is 0.891. The first-order valence-electron chi connectivity index (χ1n) is 8.26. The molecule has 0 bridgehead atoms. The minimum atomic E-state index is -1.15. The van der Waals surface area contributed by atoms with Gasteiger partial charge in [-0.25, -0.2) is 4.79 Å². The smallest absolute Gasteiger partial charge is 0.339 e. The molecule has 1 amide bonds. The fraction of sp³-hybridized carbons (Fsp3) is 0.389. The van der Waals surface area contributed by atoms with E-state index in [0.29, 0.717) is 19.7 Å². The van der Waals surface area contributed by atoms with E-state index < -0.39 is 5.97 Å². The van der Waals surface area contributed by atoms with Crippen molar-refractivity contribution in [3.63, 3.8) is 0 Å². The first-order valence-corrected chi connectivity index (χ1v) is 8.26. The Morgan fingerprint density at radius 3 is 2.80 bits per heavy atom. The van der Waals surface area contributed by atoms with E-state index in [1.165, 1.54) is 16.4 Å². The van der Waals surface area contributed by atoms with Crippen LogP contribution in [0, 0.1) is 0 Å². The van der Waals surface area contributed by atoms with Gasteiger partial charge in [0.1, 0.15) is 11.3 Å². The zero-order valence-corrected chi connectivity index (χ0v) is 14.1. The van der Waals surface area contributed by atoms with Crippen LogP contribution in [-0.4, -0.2) is 57.5 Å². The molecule has 1 N–H and O–H groups in total. The van der Waals surface area contributed by atoms with Crippen LogP contribution in [0.5, 0.6) is 0 Å². The number of carbonyl (C=O) groups excluding carboxylic acids is 1. The Balaban J connectivity index is 1.66. The predicted octanol–water partition coefficient (Wildman–Crippen LogP) is 1.59. The summed E-state index contributed by atoms with van der Waals surface area (Å²) in [4.78, 5) is 25.7. The zero-order valence-electron chi connectivity index (χ0n) is 14.1. The summed E-state index contributed by atoms with van der Waals surface area (Å²) in [7, 11) is 1.58. The lowest BCUT2D eigenvalue weighted by molar-refractivity contribution is -0.0249. The first kappa shape index (κ1) is 17.2. The maximum atomic E-state index is 12.8. The van der Waals surface area contributed by atoms with Crippen LogP contribution < -0.4 is 0 Å². The maximum absolute atomic E-state index is 12.8.